The summed E-state index contributed by atoms with van der Waals surface area (Å²) in [4.78, 5) is 34.8. The molecule has 1 aromatic carbocycles. The molecule has 11 nitrogen and oxygen atoms in total. The Morgan fingerprint density at radius 1 is 1.24 bits per heavy atom. The third kappa shape index (κ3) is 3.98. The number of carbonyl (C=O) groups is 2. The fourth-order valence-electron chi connectivity index (χ4n) is 1.74. The van der Waals surface area contributed by atoms with Crippen molar-refractivity contribution in [2.75, 3.05) is 19.1 Å². The van der Waals surface area contributed by atoms with Crippen LogP contribution in [0.3, 0.4) is 0 Å². The molecule has 0 saturated carbocycles. The largest absolute Gasteiger partial charge is 0.478 e. The second kappa shape index (κ2) is 7.09. The van der Waals surface area contributed by atoms with Crippen LogP contribution in [0.25, 0.3) is 0 Å². The number of methoxy groups -OCH3 is 1. The van der Waals surface area contributed by atoms with E-state index in [0.717, 1.165) is 23.4 Å². The van der Waals surface area contributed by atoms with Crippen molar-refractivity contribution in [3.05, 3.63) is 36.2 Å². The van der Waals surface area contributed by atoms with Crippen LogP contribution in [-0.4, -0.2) is 54.6 Å². The molecule has 2 amide bonds. The molecule has 1 heterocycles. The van der Waals surface area contributed by atoms with Gasteiger partial charge in [0.1, 0.15) is 11.2 Å². The van der Waals surface area contributed by atoms with E-state index in [-0.39, 0.29) is 12.0 Å². The first-order valence-corrected chi connectivity index (χ1v) is 8.10. The molecule has 25 heavy (non-hydrogen) atoms. The maximum absolute atomic E-state index is 12.3. The van der Waals surface area contributed by atoms with E-state index in [1.807, 2.05) is 0 Å². The molecule has 132 valence electrons. The molecule has 0 aliphatic heterocycles. The van der Waals surface area contributed by atoms with Crippen LogP contribution < -0.4 is 14.4 Å². The Morgan fingerprint density at radius 3 is 2.56 bits per heavy atom. The number of urea groups is 1. The highest BCUT2D eigenvalue weighted by Gasteiger charge is 2.26. The van der Waals surface area contributed by atoms with Crippen molar-refractivity contribution in [2.45, 2.75) is 4.90 Å². The summed E-state index contributed by atoms with van der Waals surface area (Å²) in [6.07, 6.45) is 1.08. The van der Waals surface area contributed by atoms with E-state index in [1.165, 1.54) is 26.3 Å². The van der Waals surface area contributed by atoms with Gasteiger partial charge in [-0.05, 0) is 12.1 Å². The maximum Gasteiger partial charge on any atom is 0.337 e. The molecule has 0 unspecified atom stereocenters. The lowest BCUT2D eigenvalue weighted by atomic mass is 10.2. The van der Waals surface area contributed by atoms with E-state index in [2.05, 4.69) is 15.0 Å². The van der Waals surface area contributed by atoms with Crippen LogP contribution in [0, 0.1) is 0 Å². The average molecular weight is 367 g/mol. The number of amides is 2. The molecule has 2 N–H and O–H groups in total. The van der Waals surface area contributed by atoms with Gasteiger partial charge in [-0.15, -0.1) is 0 Å². The molecule has 0 atom stereocenters. The van der Waals surface area contributed by atoms with Crippen molar-refractivity contribution in [1.29, 1.82) is 0 Å². The molecular weight excluding hydrogens is 354 g/mol. The van der Waals surface area contributed by atoms with Gasteiger partial charge < -0.3 is 9.84 Å². The number of hydrogen-bond donors (Lipinski definition) is 2. The minimum Gasteiger partial charge on any atom is -0.478 e. The van der Waals surface area contributed by atoms with Crippen LogP contribution in [0.4, 0.5) is 10.7 Å². The minimum atomic E-state index is -4.43. The number of aromatic carboxylic acids is 1. The number of nitrogens with zero attached hydrogens (tertiary/aromatic N) is 4. The first kappa shape index (κ1) is 18.1. The van der Waals surface area contributed by atoms with Gasteiger partial charge >= 0.3 is 18.0 Å². The molecule has 0 aliphatic carbocycles. The number of hydrogen-bond acceptors (Lipinski definition) is 8. The number of sulfonamides is 1. The summed E-state index contributed by atoms with van der Waals surface area (Å²) < 4.78 is 31.2. The topological polar surface area (TPSA) is 152 Å². The normalized spacial score (nSPS) is 10.8. The zero-order chi connectivity index (χ0) is 18.6. The van der Waals surface area contributed by atoms with E-state index in [9.17, 15) is 18.0 Å². The van der Waals surface area contributed by atoms with Gasteiger partial charge in [0, 0.05) is 7.05 Å². The zero-order valence-electron chi connectivity index (χ0n) is 13.1. The van der Waals surface area contributed by atoms with Crippen molar-refractivity contribution < 1.29 is 27.9 Å². The fraction of sp³-hybridized carbons (Fsp3) is 0.154. The van der Waals surface area contributed by atoms with Gasteiger partial charge in [-0.2, -0.15) is 9.97 Å². The van der Waals surface area contributed by atoms with E-state index in [1.54, 1.807) is 4.72 Å². The number of nitrogens with one attached hydrogen (secondary N) is 1. The smallest absolute Gasteiger partial charge is 0.337 e. The fourth-order valence-corrected chi connectivity index (χ4v) is 2.92. The highest BCUT2D eigenvalue weighted by atomic mass is 32.2. The number of aromatic nitrogens is 3. The number of ether oxygens (including phenoxy) is 1. The number of rotatable bonds is 5. The predicted molar refractivity (Wildman–Crippen MR) is 83.9 cm³/mol. The quantitative estimate of drug-likeness (QED) is 0.750. The molecule has 2 aromatic rings. The SMILES string of the molecule is COc1ncnc(N(C)C(=O)NS(=O)(=O)c2ccccc2C(=O)O)n1. The van der Waals surface area contributed by atoms with Crippen LogP contribution in [0.2, 0.25) is 0 Å². The summed E-state index contributed by atoms with van der Waals surface area (Å²) >= 11 is 0. The van der Waals surface area contributed by atoms with Crippen molar-refractivity contribution >= 4 is 28.0 Å². The summed E-state index contributed by atoms with van der Waals surface area (Å²) in [5, 5.41) is 9.08. The van der Waals surface area contributed by atoms with Gasteiger partial charge in [-0.25, -0.2) is 27.7 Å². The van der Waals surface area contributed by atoms with Gasteiger partial charge in [-0.3, -0.25) is 4.90 Å². The van der Waals surface area contributed by atoms with E-state index in [0.29, 0.717) is 0 Å². The lowest BCUT2D eigenvalue weighted by Gasteiger charge is -2.16. The Balaban J connectivity index is 2.28. The van der Waals surface area contributed by atoms with Crippen LogP contribution in [0.5, 0.6) is 6.01 Å². The predicted octanol–water partition coefficient (Wildman–Crippen LogP) is 0.113. The molecule has 0 bridgehead atoms. The van der Waals surface area contributed by atoms with Crippen molar-refractivity contribution in [3.8, 4) is 6.01 Å². The molecular formula is C13H13N5O6S. The van der Waals surface area contributed by atoms with Crippen molar-refractivity contribution in [2.24, 2.45) is 0 Å². The number of anilines is 1. The van der Waals surface area contributed by atoms with Gasteiger partial charge in [0.2, 0.25) is 5.95 Å². The van der Waals surface area contributed by atoms with Crippen molar-refractivity contribution in [1.82, 2.24) is 19.7 Å². The van der Waals surface area contributed by atoms with Crippen molar-refractivity contribution in [3.63, 3.8) is 0 Å². The average Bonchev–Trinajstić information content (AvgIpc) is 2.60. The Kier molecular flexibility index (Phi) is 5.12. The summed E-state index contributed by atoms with van der Waals surface area (Å²) in [6.45, 7) is 0. The minimum absolute atomic E-state index is 0.0660. The number of carboxylic acid groups (broad SMARTS) is 1. The van der Waals surface area contributed by atoms with E-state index >= 15 is 0 Å². The van der Waals surface area contributed by atoms with E-state index < -0.39 is 32.5 Å². The Hall–Kier alpha value is -3.28. The number of carboxylic acids is 1. The molecule has 0 spiro atoms. The monoisotopic (exact) mass is 367 g/mol. The second-order valence-electron chi connectivity index (χ2n) is 4.54. The van der Waals surface area contributed by atoms with Gasteiger partial charge in [-0.1, -0.05) is 12.1 Å². The lowest BCUT2D eigenvalue weighted by molar-refractivity contribution is 0.0692. The summed E-state index contributed by atoms with van der Waals surface area (Å²) in [7, 11) is -1.89. The number of carbonyl (C=O) groups excluding carboxylic acids is 1. The first-order valence-electron chi connectivity index (χ1n) is 6.62. The molecule has 2 rings (SSSR count). The van der Waals surface area contributed by atoms with Gasteiger partial charge in [0.05, 0.1) is 12.7 Å². The summed E-state index contributed by atoms with van der Waals surface area (Å²) in [5.41, 5.74) is -0.465. The highest BCUT2D eigenvalue weighted by molar-refractivity contribution is 7.90. The Labute approximate surface area is 142 Å². The zero-order valence-corrected chi connectivity index (χ0v) is 13.9. The first-order chi connectivity index (χ1) is 11.8. The van der Waals surface area contributed by atoms with Crippen LogP contribution >= 0.6 is 0 Å². The third-order valence-electron chi connectivity index (χ3n) is 2.95. The van der Waals surface area contributed by atoms with Crippen LogP contribution in [0.15, 0.2) is 35.5 Å². The molecule has 0 radical (unpaired) electrons. The molecule has 0 saturated heterocycles. The summed E-state index contributed by atoms with van der Waals surface area (Å²) in [6, 6.07) is 3.74. The molecule has 1 aromatic heterocycles. The van der Waals surface area contributed by atoms with Crippen LogP contribution in [-0.2, 0) is 10.0 Å². The molecule has 0 aliphatic rings. The van der Waals surface area contributed by atoms with Gasteiger partial charge in [0.15, 0.2) is 0 Å². The molecule has 0 fully saturated rings. The third-order valence-corrected chi connectivity index (χ3v) is 4.33. The lowest BCUT2D eigenvalue weighted by Crippen LogP contribution is -2.41. The van der Waals surface area contributed by atoms with E-state index in [4.69, 9.17) is 9.84 Å². The highest BCUT2D eigenvalue weighted by Crippen LogP contribution is 2.16. The maximum atomic E-state index is 12.3. The Bertz CT molecular complexity index is 917. The Morgan fingerprint density at radius 2 is 1.92 bits per heavy atom. The molecule has 12 heteroatoms. The van der Waals surface area contributed by atoms with Crippen LogP contribution in [0.1, 0.15) is 10.4 Å². The number of benzene rings is 1. The van der Waals surface area contributed by atoms with Gasteiger partial charge in [0.25, 0.3) is 10.0 Å². The second-order valence-corrected chi connectivity index (χ2v) is 6.19. The summed E-state index contributed by atoms with van der Waals surface area (Å²) in [5.74, 6) is -1.60. The standard InChI is InChI=1S/C13H13N5O6S/c1-18(11-14-7-15-12(16-11)24-2)13(21)17-25(22,23)9-6-4-3-5-8(9)10(19)20/h3-7H,1-2H3,(H,17,21)(H,19,20).